The van der Waals surface area contributed by atoms with Crippen LogP contribution in [-0.2, 0) is 22.4 Å². The molecule has 8 nitrogen and oxygen atoms in total. The lowest BCUT2D eigenvalue weighted by molar-refractivity contribution is -0.137. The van der Waals surface area contributed by atoms with Crippen molar-refractivity contribution in [1.29, 1.82) is 5.26 Å². The molecule has 0 aliphatic heterocycles. The topological polar surface area (TPSA) is 105 Å². The summed E-state index contributed by atoms with van der Waals surface area (Å²) in [5, 5.41) is 11.3. The number of hydrogen-bond donors (Lipinski definition) is 0. The number of aromatic nitrogens is 6. The highest BCUT2D eigenvalue weighted by Gasteiger charge is 2.51. The minimum Gasteiger partial charge on any atom is -0.238 e. The van der Waals surface area contributed by atoms with E-state index in [1.54, 1.807) is 84.9 Å². The van der Waals surface area contributed by atoms with Crippen molar-refractivity contribution in [2.45, 2.75) is 29.3 Å². The molecule has 3 aliphatic carbocycles. The molecule has 0 radical (unpaired) electrons. The Hall–Kier alpha value is -9.41. The Morgan fingerprint density at radius 1 is 0.359 bits per heavy atom. The first-order valence-electron chi connectivity index (χ1n) is 28.1. The highest BCUT2D eigenvalue weighted by Crippen LogP contribution is 2.59. The van der Waals surface area contributed by atoms with E-state index < -0.39 is 28.0 Å². The van der Waals surface area contributed by atoms with Crippen LogP contribution in [0, 0.1) is 36.5 Å². The zero-order valence-corrected chi connectivity index (χ0v) is 52.1. The Morgan fingerprint density at radius 3 is 0.848 bits per heavy atom. The lowest BCUT2D eigenvalue weighted by atomic mass is 9.68. The van der Waals surface area contributed by atoms with Gasteiger partial charge in [0, 0.05) is 0 Å². The Labute approximate surface area is 554 Å². The molecule has 0 bridgehead atoms. The summed E-state index contributed by atoms with van der Waals surface area (Å²) < 4.78 is 67.3. The Balaban J connectivity index is 0.000000126. The van der Waals surface area contributed by atoms with E-state index in [0.29, 0.717) is 81.9 Å². The van der Waals surface area contributed by atoms with E-state index in [-0.39, 0.29) is 11.6 Å². The van der Waals surface area contributed by atoms with Gasteiger partial charge in [0.25, 0.3) is 0 Å². The number of nitriles is 1. The molecule has 0 spiro atoms. The largest absolute Gasteiger partial charge is 0.416 e. The molecule has 0 unspecified atom stereocenters. The molecule has 6 heterocycles. The second-order valence-electron chi connectivity index (χ2n) is 21.7. The van der Waals surface area contributed by atoms with Crippen LogP contribution in [0.15, 0.2) is 218 Å². The molecule has 448 valence electrons. The van der Waals surface area contributed by atoms with E-state index in [0.717, 1.165) is 78.9 Å². The van der Waals surface area contributed by atoms with Gasteiger partial charge in [-0.15, -0.1) is 0 Å². The lowest BCUT2D eigenvalue weighted by Gasteiger charge is -2.33. The molecule has 6 aromatic carbocycles. The molecule has 6 aromatic heterocycles. The number of aryl methyl sites for hydroxylation is 1. The highest BCUT2D eigenvalue weighted by molar-refractivity contribution is 6.31. The van der Waals surface area contributed by atoms with Crippen molar-refractivity contribution >= 4 is 75.3 Å². The van der Waals surface area contributed by atoms with Gasteiger partial charge in [-0.05, 0) is 159 Å². The number of fused-ring (bicyclic) bond motifs is 9. The summed E-state index contributed by atoms with van der Waals surface area (Å²) in [6.45, 7) is 9.29. The molecule has 0 saturated carbocycles. The summed E-state index contributed by atoms with van der Waals surface area (Å²) in [7, 11) is 0. The zero-order valence-electron chi connectivity index (χ0n) is 47.5. The second-order valence-corrected chi connectivity index (χ2v) is 24.1. The number of benzene rings is 6. The fourth-order valence-electron chi connectivity index (χ4n) is 13.0. The van der Waals surface area contributed by atoms with Gasteiger partial charge >= 0.3 is 6.18 Å². The lowest BCUT2D eigenvalue weighted by Crippen LogP contribution is -2.29. The number of halogens is 11. The zero-order chi connectivity index (χ0) is 64.4. The summed E-state index contributed by atoms with van der Waals surface area (Å²) in [4.78, 5) is 30.8. The molecule has 3 aliphatic rings. The van der Waals surface area contributed by atoms with Crippen LogP contribution in [-0.4, -0.2) is 29.9 Å². The summed E-state index contributed by atoms with van der Waals surface area (Å²) in [6.07, 6.45) is -4.43. The van der Waals surface area contributed by atoms with Gasteiger partial charge in [-0.3, -0.25) is 0 Å². The quantitative estimate of drug-likeness (QED) is 0.0927. The molecule has 0 N–H and O–H groups in total. The van der Waals surface area contributed by atoms with Gasteiger partial charge in [-0.1, -0.05) is 209 Å². The third-order valence-electron chi connectivity index (χ3n) is 16.8. The van der Waals surface area contributed by atoms with Crippen LogP contribution in [0.3, 0.4) is 0 Å². The van der Waals surface area contributed by atoms with E-state index >= 15 is 0 Å². The molecular weight excluding hydrogens is 1300 g/mol. The van der Waals surface area contributed by atoms with Crippen LogP contribution in [0.1, 0.15) is 83.5 Å². The monoisotopic (exact) mass is 1330 g/mol. The molecule has 92 heavy (non-hydrogen) atoms. The van der Waals surface area contributed by atoms with Gasteiger partial charge in [-0.2, -0.15) is 18.4 Å². The molecule has 0 saturated heterocycles. The maximum absolute atomic E-state index is 13.7. The number of nitrogens with zero attached hydrogens (tertiary/aromatic N) is 8. The molecule has 0 fully saturated rings. The Kier molecular flexibility index (Phi) is 16.0. The van der Waals surface area contributed by atoms with E-state index in [2.05, 4.69) is 40.8 Å². The molecule has 12 aromatic rings. The third kappa shape index (κ3) is 10.3. The minimum absolute atomic E-state index is 0.295. The first kappa shape index (κ1) is 61.4. The van der Waals surface area contributed by atoms with Gasteiger partial charge < -0.3 is 0 Å². The van der Waals surface area contributed by atoms with Crippen molar-refractivity contribution in [2.24, 2.45) is 0 Å². The van der Waals surface area contributed by atoms with E-state index in [1.165, 1.54) is 36.4 Å². The van der Waals surface area contributed by atoms with Crippen LogP contribution in [0.5, 0.6) is 0 Å². The summed E-state index contributed by atoms with van der Waals surface area (Å²) in [6, 6.07) is 64.6. The fourth-order valence-corrected chi connectivity index (χ4v) is 13.9. The fraction of sp³-hybridized carbons (Fsp3) is 0.0685. The third-order valence-corrected chi connectivity index (χ3v) is 18.1. The molecule has 19 heteroatoms. The number of pyridine rings is 6. The average molecular weight is 1340 g/mol. The molecule has 0 atom stereocenters. The van der Waals surface area contributed by atoms with Crippen molar-refractivity contribution in [1.82, 2.24) is 29.9 Å². The van der Waals surface area contributed by atoms with E-state index in [4.69, 9.17) is 76.2 Å². The normalized spacial score (nSPS) is 13.7. The van der Waals surface area contributed by atoms with E-state index in [1.807, 2.05) is 91.9 Å². The van der Waals surface area contributed by atoms with Crippen molar-refractivity contribution in [3.63, 3.8) is 0 Å². The Morgan fingerprint density at radius 2 is 0.598 bits per heavy atom. The standard InChI is InChI=1S/C25H15Cl2F3N2.C25H12Cl2N4.C23H12Cl2F2N2/c1-14-2-4-15(5-3-14)24(16-6-8-17(9-7-16)25(28,29)30)18-10-12-20(26)31-22(18)23-19(24)11-13-21(27)32-23;1-29-18-8-6-17(7-9-18)25(16-4-2-15(14-28)3-5-16)19-10-12-21(26)30-23(19)24-20(25)11-13-22(27)31-24;24-19-11-9-17-21(28-19)22-18(10-12-20(25)29-22)23(17,13-1-5-15(26)6-2-13)14-3-7-16(27)8-4-14/h2-13H,1H3;2-13H;1-12H. The summed E-state index contributed by atoms with van der Waals surface area (Å²) >= 11 is 37.3. The summed E-state index contributed by atoms with van der Waals surface area (Å²) in [5.41, 5.74) is 12.8. The van der Waals surface area contributed by atoms with Gasteiger partial charge in [-0.25, -0.2) is 43.5 Å². The SMILES string of the molecule is Cc1ccc(C2(c3ccc(C(F)(F)F)cc3)c3ccc(Cl)nc3-c3nc(Cl)ccc32)cc1.Fc1ccc(C2(c3ccc(F)cc3)c3ccc(Cl)nc3-c3nc(Cl)ccc32)cc1.[C-]#[N+]c1ccc(C2(c3ccc(C#N)cc3)c3ccc(Cl)nc3-c3nc(Cl)ccc32)cc1. The maximum atomic E-state index is 13.7. The molecule has 15 rings (SSSR count). The van der Waals surface area contributed by atoms with Crippen LogP contribution in [0.2, 0.25) is 30.9 Å². The predicted molar refractivity (Wildman–Crippen MR) is 349 cm³/mol. The second kappa shape index (κ2) is 24.0. The minimum atomic E-state index is -4.43. The van der Waals surface area contributed by atoms with Crippen molar-refractivity contribution < 1.29 is 22.0 Å². The first-order chi connectivity index (χ1) is 44.3. The van der Waals surface area contributed by atoms with Gasteiger partial charge in [0.05, 0.1) is 74.2 Å². The van der Waals surface area contributed by atoms with E-state index in [9.17, 15) is 27.2 Å². The Bertz CT molecular complexity index is 4720. The van der Waals surface area contributed by atoms with Crippen LogP contribution in [0.25, 0.3) is 39.0 Å². The number of rotatable bonds is 6. The van der Waals surface area contributed by atoms with Gasteiger partial charge in [0.2, 0.25) is 0 Å². The number of alkyl halides is 3. The van der Waals surface area contributed by atoms with Crippen LogP contribution >= 0.6 is 69.6 Å². The van der Waals surface area contributed by atoms with Crippen molar-refractivity contribution in [2.75, 3.05) is 0 Å². The number of hydrogen-bond acceptors (Lipinski definition) is 7. The van der Waals surface area contributed by atoms with Crippen LogP contribution < -0.4 is 0 Å². The smallest absolute Gasteiger partial charge is 0.238 e. The van der Waals surface area contributed by atoms with Crippen molar-refractivity contribution in [3.05, 3.63) is 356 Å². The first-order valence-corrected chi connectivity index (χ1v) is 30.3. The molecule has 0 amide bonds. The maximum Gasteiger partial charge on any atom is 0.416 e. The predicted octanol–water partition coefficient (Wildman–Crippen LogP) is 20.5. The van der Waals surface area contributed by atoms with Gasteiger partial charge in [0.15, 0.2) is 5.69 Å². The molecular formula is C73H39Cl6F5N8. The van der Waals surface area contributed by atoms with Gasteiger partial charge in [0.1, 0.15) is 42.6 Å². The summed E-state index contributed by atoms with van der Waals surface area (Å²) in [5.74, 6) is -0.685. The van der Waals surface area contributed by atoms with Crippen molar-refractivity contribution in [3.8, 4) is 40.2 Å². The highest BCUT2D eigenvalue weighted by atomic mass is 35.5. The average Bonchev–Trinajstić information content (AvgIpc) is 1.55. The van der Waals surface area contributed by atoms with Crippen LogP contribution in [0.4, 0.5) is 27.6 Å².